The van der Waals surface area contributed by atoms with Crippen molar-refractivity contribution in [2.45, 2.75) is 24.9 Å². The average molecular weight is 341 g/mol. The molecule has 0 aliphatic heterocycles. The Morgan fingerprint density at radius 3 is 2.38 bits per heavy atom. The van der Waals surface area contributed by atoms with Crippen LogP contribution in [0.4, 0.5) is 13.2 Å². The molecule has 0 fully saturated rings. The van der Waals surface area contributed by atoms with E-state index in [-0.39, 0.29) is 17.7 Å². The summed E-state index contributed by atoms with van der Waals surface area (Å²) < 4.78 is 46.1. The van der Waals surface area contributed by atoms with Crippen molar-refractivity contribution in [1.82, 2.24) is 0 Å². The maximum absolute atomic E-state index is 12.4. The Labute approximate surface area is 137 Å². The lowest BCUT2D eigenvalue weighted by Gasteiger charge is -2.22. The molecule has 2 rings (SSSR count). The highest BCUT2D eigenvalue weighted by Crippen LogP contribution is 2.33. The van der Waals surface area contributed by atoms with E-state index in [1.54, 1.807) is 0 Å². The Hall–Kier alpha value is -2.25. The van der Waals surface area contributed by atoms with Crippen LogP contribution in [0.25, 0.3) is 0 Å². The van der Waals surface area contributed by atoms with Gasteiger partial charge in [-0.2, -0.15) is 0 Å². The number of hydrogen-bond donors (Lipinski definition) is 2. The van der Waals surface area contributed by atoms with Gasteiger partial charge in [-0.25, -0.2) is 0 Å². The van der Waals surface area contributed by atoms with E-state index in [9.17, 15) is 18.3 Å². The normalized spacial score (nSPS) is 14.1. The van der Waals surface area contributed by atoms with Crippen molar-refractivity contribution in [2.24, 2.45) is 5.73 Å². The molecule has 0 unspecified atom stereocenters. The Kier molecular flexibility index (Phi) is 5.69. The zero-order chi connectivity index (χ0) is 17.7. The van der Waals surface area contributed by atoms with Gasteiger partial charge in [-0.3, -0.25) is 0 Å². The van der Waals surface area contributed by atoms with Gasteiger partial charge in [0, 0.05) is 12.0 Å². The zero-order valence-corrected chi connectivity index (χ0v) is 13.0. The van der Waals surface area contributed by atoms with Gasteiger partial charge in [0.1, 0.15) is 11.5 Å². The Morgan fingerprint density at radius 1 is 1.12 bits per heavy atom. The lowest BCUT2D eigenvalue weighted by atomic mass is 9.96. The highest BCUT2D eigenvalue weighted by atomic mass is 19.4. The minimum Gasteiger partial charge on any atom is -0.496 e. The van der Waals surface area contributed by atoms with E-state index in [1.807, 2.05) is 30.3 Å². The largest absolute Gasteiger partial charge is 0.573 e. The highest BCUT2D eigenvalue weighted by Gasteiger charge is 2.32. The van der Waals surface area contributed by atoms with Crippen LogP contribution in [0.3, 0.4) is 0 Å². The fourth-order valence-electron chi connectivity index (χ4n) is 2.36. The molecule has 7 heteroatoms. The first kappa shape index (κ1) is 18.1. The predicted octanol–water partition coefficient (Wildman–Crippen LogP) is 3.20. The van der Waals surface area contributed by atoms with E-state index in [0.29, 0.717) is 0 Å². The van der Waals surface area contributed by atoms with Crippen molar-refractivity contribution in [2.75, 3.05) is 7.11 Å². The van der Waals surface area contributed by atoms with Crippen molar-refractivity contribution in [3.05, 3.63) is 59.7 Å². The number of halogens is 3. The van der Waals surface area contributed by atoms with E-state index in [0.717, 1.165) is 17.7 Å². The summed E-state index contributed by atoms with van der Waals surface area (Å²) >= 11 is 0. The number of rotatable bonds is 6. The summed E-state index contributed by atoms with van der Waals surface area (Å²) in [6.45, 7) is 0. The molecule has 2 aromatic carbocycles. The monoisotopic (exact) mass is 341 g/mol. The van der Waals surface area contributed by atoms with Crippen molar-refractivity contribution in [3.63, 3.8) is 0 Å². The lowest BCUT2D eigenvalue weighted by molar-refractivity contribution is -0.274. The number of aliphatic hydroxyl groups is 1. The molecular formula is C17H18F3NO3. The van der Waals surface area contributed by atoms with Crippen LogP contribution in [-0.4, -0.2) is 24.7 Å². The molecule has 0 aromatic heterocycles. The van der Waals surface area contributed by atoms with E-state index in [1.165, 1.54) is 13.2 Å². The number of ether oxygens (including phenoxy) is 2. The van der Waals surface area contributed by atoms with Gasteiger partial charge in [-0.1, -0.05) is 30.3 Å². The second-order valence-electron chi connectivity index (χ2n) is 5.23. The number of benzene rings is 2. The van der Waals surface area contributed by atoms with Gasteiger partial charge in [-0.05, 0) is 23.8 Å². The predicted molar refractivity (Wildman–Crippen MR) is 82.8 cm³/mol. The van der Waals surface area contributed by atoms with E-state index in [2.05, 4.69) is 4.74 Å². The fraction of sp³-hybridized carbons (Fsp3) is 0.294. The quantitative estimate of drug-likeness (QED) is 0.847. The molecule has 24 heavy (non-hydrogen) atoms. The molecule has 0 heterocycles. The van der Waals surface area contributed by atoms with Crippen molar-refractivity contribution in [3.8, 4) is 11.5 Å². The van der Waals surface area contributed by atoms with Gasteiger partial charge in [0.05, 0.1) is 19.3 Å². The van der Waals surface area contributed by atoms with Gasteiger partial charge < -0.3 is 20.3 Å². The summed E-state index contributed by atoms with van der Waals surface area (Å²) in [5, 5.41) is 10.3. The molecule has 2 aromatic rings. The van der Waals surface area contributed by atoms with Crippen LogP contribution >= 0.6 is 0 Å². The first-order chi connectivity index (χ1) is 11.3. The number of methoxy groups -OCH3 is 1. The van der Waals surface area contributed by atoms with Crippen molar-refractivity contribution in [1.29, 1.82) is 0 Å². The van der Waals surface area contributed by atoms with Crippen LogP contribution in [0.1, 0.15) is 17.2 Å². The van der Waals surface area contributed by atoms with Gasteiger partial charge in [0.15, 0.2) is 0 Å². The van der Waals surface area contributed by atoms with Crippen molar-refractivity contribution < 1.29 is 27.8 Å². The molecule has 0 amide bonds. The van der Waals surface area contributed by atoms with Crippen molar-refractivity contribution >= 4 is 0 Å². The van der Waals surface area contributed by atoms with Gasteiger partial charge >= 0.3 is 6.36 Å². The van der Waals surface area contributed by atoms with E-state index in [4.69, 9.17) is 10.5 Å². The van der Waals surface area contributed by atoms with Crippen LogP contribution in [0, 0.1) is 0 Å². The van der Waals surface area contributed by atoms with E-state index >= 15 is 0 Å². The second-order valence-corrected chi connectivity index (χ2v) is 5.23. The zero-order valence-electron chi connectivity index (χ0n) is 13.0. The summed E-state index contributed by atoms with van der Waals surface area (Å²) in [7, 11) is 1.37. The molecule has 0 saturated heterocycles. The maximum atomic E-state index is 12.4. The van der Waals surface area contributed by atoms with Gasteiger partial charge in [0.2, 0.25) is 0 Å². The Morgan fingerprint density at radius 2 is 1.79 bits per heavy atom. The van der Waals surface area contributed by atoms with Gasteiger partial charge in [-0.15, -0.1) is 13.2 Å². The Bertz CT molecular complexity index is 662. The molecule has 0 aliphatic carbocycles. The summed E-state index contributed by atoms with van der Waals surface area (Å²) in [5.74, 6) is -0.134. The minimum atomic E-state index is -4.81. The summed E-state index contributed by atoms with van der Waals surface area (Å²) in [5.41, 5.74) is 7.13. The maximum Gasteiger partial charge on any atom is 0.573 e. The first-order valence-corrected chi connectivity index (χ1v) is 7.21. The second kappa shape index (κ2) is 7.55. The molecule has 0 radical (unpaired) electrons. The smallest absolute Gasteiger partial charge is 0.496 e. The lowest BCUT2D eigenvalue weighted by Crippen LogP contribution is -2.28. The number of alkyl halides is 3. The third kappa shape index (κ3) is 4.87. The SMILES string of the molecule is COc1ccc(OC(F)(F)F)cc1[C@@H](N)[C@@H](O)Cc1ccccc1. The van der Waals surface area contributed by atoms with Gasteiger partial charge in [0.25, 0.3) is 0 Å². The molecule has 0 spiro atoms. The standard InChI is InChI=1S/C17H18F3NO3/c1-23-15-8-7-12(24-17(18,19)20)10-13(15)16(21)14(22)9-11-5-3-2-4-6-11/h2-8,10,14,16,22H,9,21H2,1H3/t14-,16+/m0/s1. The van der Waals surface area contributed by atoms with Crippen LogP contribution in [0.15, 0.2) is 48.5 Å². The molecule has 2 atom stereocenters. The molecule has 0 aliphatic rings. The summed E-state index contributed by atoms with van der Waals surface area (Å²) in [6.07, 6.45) is -5.55. The highest BCUT2D eigenvalue weighted by molar-refractivity contribution is 5.43. The molecular weight excluding hydrogens is 323 g/mol. The average Bonchev–Trinajstić information content (AvgIpc) is 2.53. The molecule has 0 bridgehead atoms. The first-order valence-electron chi connectivity index (χ1n) is 7.21. The number of nitrogens with two attached hydrogens (primary N) is 1. The van der Waals surface area contributed by atoms with Crippen LogP contribution < -0.4 is 15.2 Å². The molecule has 3 N–H and O–H groups in total. The third-order valence-electron chi connectivity index (χ3n) is 3.50. The molecule has 4 nitrogen and oxygen atoms in total. The third-order valence-corrected chi connectivity index (χ3v) is 3.50. The summed E-state index contributed by atoms with van der Waals surface area (Å²) in [4.78, 5) is 0. The van der Waals surface area contributed by atoms with E-state index < -0.39 is 24.3 Å². The molecule has 130 valence electrons. The fourth-order valence-corrected chi connectivity index (χ4v) is 2.36. The summed E-state index contributed by atoms with van der Waals surface area (Å²) in [6, 6.07) is 11.8. The Balaban J connectivity index is 2.22. The molecule has 0 saturated carbocycles. The topological polar surface area (TPSA) is 64.7 Å². The minimum absolute atomic E-state index is 0.239. The number of aliphatic hydroxyl groups excluding tert-OH is 1. The van der Waals surface area contributed by atoms with Crippen LogP contribution in [0.2, 0.25) is 0 Å². The number of hydrogen-bond acceptors (Lipinski definition) is 4. The van der Waals surface area contributed by atoms with Crippen LogP contribution in [0.5, 0.6) is 11.5 Å². The van der Waals surface area contributed by atoms with Crippen LogP contribution in [-0.2, 0) is 6.42 Å².